The number of H-pyrrole nitrogens is 1. The monoisotopic (exact) mass is 439 g/mol. The number of aromatic amines is 1. The number of benzene rings is 1. The van der Waals surface area contributed by atoms with Gasteiger partial charge in [0.2, 0.25) is 0 Å². The lowest BCUT2D eigenvalue weighted by Crippen LogP contribution is -2.10. The van der Waals surface area contributed by atoms with Crippen LogP contribution in [0.1, 0.15) is 38.6 Å². The van der Waals surface area contributed by atoms with Gasteiger partial charge in [-0.05, 0) is 44.5 Å². The first-order valence-electron chi connectivity index (χ1n) is 10.3. The normalized spacial score (nSPS) is 16.0. The molecule has 4 rings (SSSR count). The molecule has 3 heterocycles. The Hall–Kier alpha value is -3.00. The fourth-order valence-electron chi connectivity index (χ4n) is 3.39. The zero-order valence-corrected chi connectivity index (χ0v) is 18.5. The quantitative estimate of drug-likeness (QED) is 0.510. The molecule has 0 saturated carbocycles. The van der Waals surface area contributed by atoms with E-state index in [-0.39, 0.29) is 17.8 Å². The van der Waals surface area contributed by atoms with Crippen LogP contribution >= 0.6 is 11.8 Å². The highest BCUT2D eigenvalue weighted by molar-refractivity contribution is 8.15. The van der Waals surface area contributed by atoms with Gasteiger partial charge in [0.1, 0.15) is 22.3 Å². The van der Waals surface area contributed by atoms with Crippen molar-refractivity contribution in [2.24, 2.45) is 4.99 Å². The summed E-state index contributed by atoms with van der Waals surface area (Å²) in [6.07, 6.45) is 2.69. The molecule has 0 bridgehead atoms. The number of rotatable bonds is 8. The maximum atomic E-state index is 11.0. The van der Waals surface area contributed by atoms with Gasteiger partial charge in [-0.25, -0.2) is 0 Å². The summed E-state index contributed by atoms with van der Waals surface area (Å²) in [5, 5.41) is 10.8. The van der Waals surface area contributed by atoms with Crippen molar-refractivity contribution in [2.45, 2.75) is 45.0 Å². The van der Waals surface area contributed by atoms with Crippen molar-refractivity contribution in [1.29, 1.82) is 0 Å². The Labute approximate surface area is 184 Å². The molecule has 1 atom stereocenters. The van der Waals surface area contributed by atoms with Crippen LogP contribution in [0.3, 0.4) is 0 Å². The molecule has 2 N–H and O–H groups in total. The van der Waals surface area contributed by atoms with Gasteiger partial charge in [0.05, 0.1) is 36.5 Å². The second kappa shape index (κ2) is 9.01. The second-order valence-electron chi connectivity index (χ2n) is 7.66. The molecule has 1 aromatic carbocycles. The maximum Gasteiger partial charge on any atom is 0.304 e. The lowest BCUT2D eigenvalue weighted by Gasteiger charge is -2.13. The van der Waals surface area contributed by atoms with Crippen molar-refractivity contribution in [1.82, 2.24) is 9.97 Å². The Kier molecular flexibility index (Phi) is 6.18. The summed E-state index contributed by atoms with van der Waals surface area (Å²) in [7, 11) is 0. The number of carbonyl (C=O) groups is 1. The summed E-state index contributed by atoms with van der Waals surface area (Å²) in [6.45, 7) is 6.52. The van der Waals surface area contributed by atoms with E-state index in [9.17, 15) is 4.79 Å². The molecule has 0 saturated heterocycles. The molecule has 0 radical (unpaired) electrons. The van der Waals surface area contributed by atoms with Crippen LogP contribution in [0, 0.1) is 0 Å². The maximum absolute atomic E-state index is 11.0. The van der Waals surface area contributed by atoms with Crippen LogP contribution in [0.15, 0.2) is 41.5 Å². The first kappa shape index (κ1) is 21.2. The third kappa shape index (κ3) is 5.02. The predicted molar refractivity (Wildman–Crippen MR) is 123 cm³/mol. The highest BCUT2D eigenvalue weighted by Crippen LogP contribution is 2.36. The molecular weight excluding hydrogens is 414 g/mol. The van der Waals surface area contributed by atoms with Gasteiger partial charge in [0, 0.05) is 22.4 Å². The van der Waals surface area contributed by atoms with Crippen molar-refractivity contribution in [3.63, 3.8) is 0 Å². The van der Waals surface area contributed by atoms with Crippen LogP contribution in [0.4, 0.5) is 0 Å². The van der Waals surface area contributed by atoms with E-state index in [0.717, 1.165) is 33.8 Å². The Bertz CT molecular complexity index is 1120. The Morgan fingerprint density at radius 3 is 2.81 bits per heavy atom. The molecule has 1 aliphatic rings. The van der Waals surface area contributed by atoms with E-state index in [2.05, 4.69) is 21.9 Å². The minimum Gasteiger partial charge on any atom is -0.489 e. The van der Waals surface area contributed by atoms with Gasteiger partial charge in [-0.1, -0.05) is 18.7 Å². The van der Waals surface area contributed by atoms with Crippen molar-refractivity contribution < 1.29 is 19.4 Å². The first-order chi connectivity index (χ1) is 14.9. The van der Waals surface area contributed by atoms with Crippen LogP contribution in [-0.4, -0.2) is 44.0 Å². The molecule has 1 unspecified atom stereocenters. The highest BCUT2D eigenvalue weighted by atomic mass is 32.2. The van der Waals surface area contributed by atoms with Gasteiger partial charge in [-0.15, -0.1) is 0 Å². The molecule has 2 aromatic heterocycles. The fourth-order valence-corrected chi connectivity index (χ4v) is 4.47. The fraction of sp³-hybridized carbons (Fsp3) is 0.348. The average molecular weight is 440 g/mol. The third-order valence-corrected chi connectivity index (χ3v) is 5.99. The molecule has 0 fully saturated rings. The molecule has 3 aromatic rings. The van der Waals surface area contributed by atoms with E-state index in [1.54, 1.807) is 6.20 Å². The Balaban J connectivity index is 1.64. The number of nitrogens with one attached hydrogen (secondary N) is 1. The van der Waals surface area contributed by atoms with Crippen molar-refractivity contribution >= 4 is 33.7 Å². The van der Waals surface area contributed by atoms with Gasteiger partial charge in [-0.2, -0.15) is 0 Å². The minimum absolute atomic E-state index is 0.00570. The zero-order valence-electron chi connectivity index (χ0n) is 17.7. The third-order valence-electron chi connectivity index (χ3n) is 4.77. The largest absolute Gasteiger partial charge is 0.489 e. The lowest BCUT2D eigenvalue weighted by atomic mass is 10.2. The van der Waals surface area contributed by atoms with Crippen LogP contribution in [-0.2, 0) is 11.2 Å². The smallest absolute Gasteiger partial charge is 0.304 e. The molecule has 0 amide bonds. The van der Waals surface area contributed by atoms with E-state index < -0.39 is 5.97 Å². The number of nitrogens with zero attached hydrogens (tertiary/aromatic N) is 2. The van der Waals surface area contributed by atoms with E-state index >= 15 is 0 Å². The number of carboxylic acids is 1. The van der Waals surface area contributed by atoms with E-state index in [4.69, 9.17) is 14.6 Å². The van der Waals surface area contributed by atoms with Crippen molar-refractivity contribution in [3.05, 3.63) is 47.9 Å². The Morgan fingerprint density at radius 2 is 2.13 bits per heavy atom. The molecule has 0 aliphatic carbocycles. The highest BCUT2D eigenvalue weighted by Gasteiger charge is 2.24. The number of aryl methyl sites for hydroxylation is 1. The summed E-state index contributed by atoms with van der Waals surface area (Å²) in [5.41, 5.74) is 2.73. The van der Waals surface area contributed by atoms with Crippen LogP contribution < -0.4 is 9.47 Å². The number of carboxylic acid groups (broad SMARTS) is 1. The van der Waals surface area contributed by atoms with Gasteiger partial charge in [-0.3, -0.25) is 14.8 Å². The number of hydrogen-bond acceptors (Lipinski definition) is 6. The minimum atomic E-state index is -0.804. The molecule has 8 heteroatoms. The van der Waals surface area contributed by atoms with E-state index in [1.165, 1.54) is 11.8 Å². The zero-order chi connectivity index (χ0) is 22.0. The first-order valence-corrected chi connectivity index (χ1v) is 11.2. The van der Waals surface area contributed by atoms with Crippen LogP contribution in [0.25, 0.3) is 10.9 Å². The number of thioether (sulfide) groups is 1. The van der Waals surface area contributed by atoms with Gasteiger partial charge >= 0.3 is 5.97 Å². The molecule has 31 heavy (non-hydrogen) atoms. The summed E-state index contributed by atoms with van der Waals surface area (Å²) in [6, 6.07) is 9.69. The summed E-state index contributed by atoms with van der Waals surface area (Å²) < 4.78 is 12.1. The number of fused-ring (bicyclic) bond motifs is 1. The predicted octanol–water partition coefficient (Wildman–Crippen LogP) is 5.04. The van der Waals surface area contributed by atoms with E-state index in [0.29, 0.717) is 23.8 Å². The molecule has 1 aliphatic heterocycles. The number of aromatic nitrogens is 2. The van der Waals surface area contributed by atoms with Crippen molar-refractivity contribution in [3.8, 4) is 17.2 Å². The summed E-state index contributed by atoms with van der Waals surface area (Å²) in [4.78, 5) is 23.3. The average Bonchev–Trinajstić information content (AvgIpc) is 3.34. The van der Waals surface area contributed by atoms with Crippen molar-refractivity contribution in [2.75, 3.05) is 6.54 Å². The number of aliphatic imine (C=N–C) groups is 1. The molecule has 7 nitrogen and oxygen atoms in total. The number of ether oxygens (including phenoxy) is 2. The SMILES string of the molecule is CCc1ccc(Oc2cc(OC(C)C)c3[nH]c(C4=NCC(CC(=O)O)S4)cc3c2)cn1. The number of aliphatic carboxylic acids is 1. The standard InChI is InChI=1S/C23H25N3O4S/c1-4-15-5-6-16(11-24-15)30-17-7-14-8-19(23-25-12-18(31-23)10-21(27)28)26-22(14)20(9-17)29-13(2)3/h5-9,11,13,18,26H,4,10,12H2,1-3H3,(H,27,28). The van der Waals surface area contributed by atoms with E-state index in [1.807, 2.05) is 44.2 Å². The Morgan fingerprint density at radius 1 is 1.29 bits per heavy atom. The molecule has 0 spiro atoms. The molecular formula is C23H25N3O4S. The van der Waals surface area contributed by atoms with Gasteiger partial charge in [0.15, 0.2) is 0 Å². The second-order valence-corrected chi connectivity index (χ2v) is 8.95. The van der Waals surface area contributed by atoms with Gasteiger partial charge < -0.3 is 19.6 Å². The lowest BCUT2D eigenvalue weighted by molar-refractivity contribution is -0.136. The number of pyridine rings is 1. The number of hydrogen-bond donors (Lipinski definition) is 2. The summed E-state index contributed by atoms with van der Waals surface area (Å²) >= 11 is 1.49. The van der Waals surface area contributed by atoms with Crippen LogP contribution in [0.2, 0.25) is 0 Å². The van der Waals surface area contributed by atoms with Crippen LogP contribution in [0.5, 0.6) is 17.2 Å². The molecule has 162 valence electrons. The summed E-state index contributed by atoms with van der Waals surface area (Å²) in [5.74, 6) is 1.21. The van der Waals surface area contributed by atoms with Gasteiger partial charge in [0.25, 0.3) is 0 Å². The topological polar surface area (TPSA) is 96.8 Å².